The minimum atomic E-state index is -0.160. The fourth-order valence-electron chi connectivity index (χ4n) is 4.22. The van der Waals surface area contributed by atoms with Crippen LogP contribution < -0.4 is 10.1 Å². The van der Waals surface area contributed by atoms with Crippen molar-refractivity contribution >= 4 is 45.6 Å². The number of thiophene rings is 1. The number of carbonyl (C=O) groups excluding carboxylic acids is 1. The molecule has 2 heterocycles. The number of amides is 1. The van der Waals surface area contributed by atoms with Gasteiger partial charge in [0.15, 0.2) is 11.0 Å². The molecule has 1 atom stereocenters. The van der Waals surface area contributed by atoms with E-state index in [0.717, 1.165) is 36.8 Å². The average molecular weight is 530 g/mol. The molecule has 4 rings (SSSR count). The van der Waals surface area contributed by atoms with Crippen LogP contribution in [0.15, 0.2) is 23.4 Å². The number of fused-ring (bicyclic) bond motifs is 1. The van der Waals surface area contributed by atoms with E-state index < -0.39 is 0 Å². The lowest BCUT2D eigenvalue weighted by Gasteiger charge is -2.20. The maximum Gasteiger partial charge on any atom is 0.235 e. The van der Waals surface area contributed by atoms with Gasteiger partial charge < -0.3 is 14.6 Å². The molecule has 1 N–H and O–H groups in total. The lowest BCUT2D eigenvalue weighted by atomic mass is 9.86. The van der Waals surface area contributed by atoms with Crippen LogP contribution in [0.25, 0.3) is 0 Å². The number of nitriles is 1. The Morgan fingerprint density at radius 3 is 2.97 bits per heavy atom. The number of ether oxygens (including phenoxy) is 1. The van der Waals surface area contributed by atoms with E-state index in [4.69, 9.17) is 16.3 Å². The van der Waals surface area contributed by atoms with Crippen LogP contribution in [0.3, 0.4) is 0 Å². The molecule has 0 aliphatic heterocycles. The Morgan fingerprint density at radius 1 is 1.40 bits per heavy atom. The molecule has 7 nitrogen and oxygen atoms in total. The smallest absolute Gasteiger partial charge is 0.235 e. The molecule has 0 spiro atoms. The highest BCUT2D eigenvalue weighted by atomic mass is 35.5. The SMILES string of the molecule is CCC1CCc2c(sc(NC(=O)CSc3nnc(COc4cc(C)ccc4Cl)n3CC)c2C#N)C1. The van der Waals surface area contributed by atoms with E-state index in [1.807, 2.05) is 30.5 Å². The third-order valence-corrected chi connectivity index (χ3v) is 8.64. The number of benzene rings is 1. The molecular formula is C25H28ClN5O2S2. The van der Waals surface area contributed by atoms with Crippen LogP contribution in [-0.4, -0.2) is 26.4 Å². The van der Waals surface area contributed by atoms with E-state index >= 15 is 0 Å². The maximum atomic E-state index is 12.7. The van der Waals surface area contributed by atoms with Gasteiger partial charge in [0.05, 0.1) is 16.3 Å². The van der Waals surface area contributed by atoms with Crippen LogP contribution in [0, 0.1) is 24.2 Å². The van der Waals surface area contributed by atoms with Gasteiger partial charge in [0.2, 0.25) is 5.91 Å². The zero-order valence-electron chi connectivity index (χ0n) is 20.1. The number of rotatable bonds is 9. The number of hydrogen-bond donors (Lipinski definition) is 1. The van der Waals surface area contributed by atoms with Gasteiger partial charge in [-0.25, -0.2) is 0 Å². The predicted molar refractivity (Wildman–Crippen MR) is 140 cm³/mol. The number of nitrogens with zero attached hydrogens (tertiary/aromatic N) is 4. The molecule has 1 aliphatic carbocycles. The summed E-state index contributed by atoms with van der Waals surface area (Å²) in [6.07, 6.45) is 4.15. The van der Waals surface area contributed by atoms with Gasteiger partial charge in [0.25, 0.3) is 0 Å². The molecule has 0 saturated carbocycles. The number of thioether (sulfide) groups is 1. The zero-order valence-corrected chi connectivity index (χ0v) is 22.4. The van der Waals surface area contributed by atoms with Gasteiger partial charge in [-0.1, -0.05) is 42.8 Å². The summed E-state index contributed by atoms with van der Waals surface area (Å²) >= 11 is 9.09. The van der Waals surface area contributed by atoms with Crippen molar-refractivity contribution in [3.63, 3.8) is 0 Å². The lowest BCUT2D eigenvalue weighted by molar-refractivity contribution is -0.113. The molecule has 3 aromatic rings. The van der Waals surface area contributed by atoms with Crippen molar-refractivity contribution < 1.29 is 9.53 Å². The summed E-state index contributed by atoms with van der Waals surface area (Å²) in [6, 6.07) is 7.93. The first-order valence-electron chi connectivity index (χ1n) is 11.7. The first-order chi connectivity index (χ1) is 16.9. The third-order valence-electron chi connectivity index (χ3n) is 6.19. The predicted octanol–water partition coefficient (Wildman–Crippen LogP) is 6.02. The van der Waals surface area contributed by atoms with Crippen LogP contribution in [-0.2, 0) is 30.8 Å². The standard InChI is InChI=1S/C25H28ClN5O2S2/c1-4-16-7-8-17-18(12-27)24(35-21(17)11-16)28-23(32)14-34-25-30-29-22(31(25)5-2)13-33-20-10-15(3)6-9-19(20)26/h6,9-10,16H,4-5,7-8,11,13-14H2,1-3H3,(H,28,32). The zero-order chi connectivity index (χ0) is 24.9. The van der Waals surface area contributed by atoms with Gasteiger partial charge in [-0.15, -0.1) is 21.5 Å². The summed E-state index contributed by atoms with van der Waals surface area (Å²) in [4.78, 5) is 14.0. The average Bonchev–Trinajstić information content (AvgIpc) is 3.42. The molecule has 1 aliphatic rings. The van der Waals surface area contributed by atoms with Crippen LogP contribution in [0.2, 0.25) is 5.02 Å². The number of anilines is 1. The van der Waals surface area contributed by atoms with Crippen molar-refractivity contribution in [2.24, 2.45) is 5.92 Å². The van der Waals surface area contributed by atoms with Crippen molar-refractivity contribution in [2.45, 2.75) is 64.8 Å². The van der Waals surface area contributed by atoms with Crippen molar-refractivity contribution in [1.82, 2.24) is 14.8 Å². The molecule has 0 saturated heterocycles. The summed E-state index contributed by atoms with van der Waals surface area (Å²) in [5.41, 5.74) is 2.80. The van der Waals surface area contributed by atoms with E-state index in [1.165, 1.54) is 16.6 Å². The van der Waals surface area contributed by atoms with Crippen LogP contribution in [0.4, 0.5) is 5.00 Å². The van der Waals surface area contributed by atoms with Crippen molar-refractivity contribution in [3.05, 3.63) is 50.6 Å². The molecule has 0 bridgehead atoms. The molecule has 184 valence electrons. The second-order valence-corrected chi connectivity index (χ2v) is 11.0. The van der Waals surface area contributed by atoms with Crippen LogP contribution in [0.5, 0.6) is 5.75 Å². The highest BCUT2D eigenvalue weighted by molar-refractivity contribution is 7.99. The summed E-state index contributed by atoms with van der Waals surface area (Å²) in [6.45, 7) is 7.05. The fraction of sp³-hybridized carbons (Fsp3) is 0.440. The van der Waals surface area contributed by atoms with E-state index in [1.54, 1.807) is 17.4 Å². The van der Waals surface area contributed by atoms with E-state index in [2.05, 4.69) is 28.5 Å². The number of halogens is 1. The van der Waals surface area contributed by atoms with Gasteiger partial charge in [-0.3, -0.25) is 4.79 Å². The Bertz CT molecular complexity index is 1260. The van der Waals surface area contributed by atoms with Crippen LogP contribution >= 0.6 is 34.7 Å². The second-order valence-electron chi connectivity index (χ2n) is 8.54. The van der Waals surface area contributed by atoms with E-state index in [9.17, 15) is 10.1 Å². The summed E-state index contributed by atoms with van der Waals surface area (Å²) in [7, 11) is 0. The third kappa shape index (κ3) is 5.83. The van der Waals surface area contributed by atoms with Crippen molar-refractivity contribution in [3.8, 4) is 11.8 Å². The Balaban J connectivity index is 1.38. The lowest BCUT2D eigenvalue weighted by Crippen LogP contribution is -2.15. The van der Waals surface area contributed by atoms with Crippen LogP contribution in [0.1, 0.15) is 54.1 Å². The Kier molecular flexibility index (Phi) is 8.37. The van der Waals surface area contributed by atoms with Gasteiger partial charge in [-0.2, -0.15) is 5.26 Å². The normalized spacial score (nSPS) is 14.9. The molecule has 10 heteroatoms. The molecule has 0 radical (unpaired) electrons. The summed E-state index contributed by atoms with van der Waals surface area (Å²) in [5, 5.41) is 23.0. The van der Waals surface area contributed by atoms with Gasteiger partial charge in [0.1, 0.15) is 23.4 Å². The fourth-order valence-corrected chi connectivity index (χ4v) is 6.54. The number of carbonyl (C=O) groups is 1. The molecule has 35 heavy (non-hydrogen) atoms. The topological polar surface area (TPSA) is 92.8 Å². The summed E-state index contributed by atoms with van der Waals surface area (Å²) in [5.74, 6) is 1.94. The first-order valence-corrected chi connectivity index (χ1v) is 13.9. The Labute approximate surface area is 218 Å². The molecule has 0 fully saturated rings. The number of hydrogen-bond acceptors (Lipinski definition) is 7. The Hall–Kier alpha value is -2.54. The maximum absolute atomic E-state index is 12.7. The monoisotopic (exact) mass is 529 g/mol. The highest BCUT2D eigenvalue weighted by Gasteiger charge is 2.26. The van der Waals surface area contributed by atoms with Crippen molar-refractivity contribution in [2.75, 3.05) is 11.1 Å². The highest BCUT2D eigenvalue weighted by Crippen LogP contribution is 2.40. The number of nitrogens with one attached hydrogen (secondary N) is 1. The first kappa shape index (κ1) is 25.5. The number of aromatic nitrogens is 3. The largest absolute Gasteiger partial charge is 0.484 e. The second kappa shape index (κ2) is 11.5. The van der Waals surface area contributed by atoms with Crippen molar-refractivity contribution in [1.29, 1.82) is 5.26 Å². The minimum Gasteiger partial charge on any atom is -0.484 e. The quantitative estimate of drug-likeness (QED) is 0.341. The molecular weight excluding hydrogens is 502 g/mol. The van der Waals surface area contributed by atoms with E-state index in [-0.39, 0.29) is 18.3 Å². The number of aryl methyl sites for hydroxylation is 1. The van der Waals surface area contributed by atoms with Gasteiger partial charge in [0, 0.05) is 11.4 Å². The van der Waals surface area contributed by atoms with Gasteiger partial charge in [-0.05, 0) is 62.3 Å². The minimum absolute atomic E-state index is 0.160. The van der Waals surface area contributed by atoms with E-state index in [0.29, 0.717) is 44.8 Å². The Morgan fingerprint density at radius 2 is 2.23 bits per heavy atom. The molecule has 1 amide bonds. The molecule has 1 aromatic carbocycles. The summed E-state index contributed by atoms with van der Waals surface area (Å²) < 4.78 is 7.80. The van der Waals surface area contributed by atoms with Gasteiger partial charge >= 0.3 is 0 Å². The molecule has 1 unspecified atom stereocenters. The molecule has 2 aromatic heterocycles.